The second-order valence-electron chi connectivity index (χ2n) is 4.92. The summed E-state index contributed by atoms with van der Waals surface area (Å²) in [5, 5.41) is 15.1. The van der Waals surface area contributed by atoms with E-state index in [-0.39, 0.29) is 11.8 Å². The van der Waals surface area contributed by atoms with Gasteiger partial charge in [0.05, 0.1) is 5.60 Å². The van der Waals surface area contributed by atoms with E-state index in [1.165, 1.54) is 6.92 Å². The van der Waals surface area contributed by atoms with E-state index >= 15 is 0 Å². The standard InChI is InChI=1S/C13H26N2O3/c1-4-13(3,18)10-15-12(17)8-6-5-7-9-14-11(2)16/h18H,4-10H2,1-3H3,(H,14,16)(H,15,17). The summed E-state index contributed by atoms with van der Waals surface area (Å²) in [5.74, 6) is -0.0437. The first-order valence-corrected chi connectivity index (χ1v) is 6.61. The van der Waals surface area contributed by atoms with Crippen LogP contribution in [0.15, 0.2) is 0 Å². The molecule has 0 heterocycles. The van der Waals surface area contributed by atoms with Crippen LogP contribution >= 0.6 is 0 Å². The maximum absolute atomic E-state index is 11.5. The summed E-state index contributed by atoms with van der Waals surface area (Å²) >= 11 is 0. The van der Waals surface area contributed by atoms with Gasteiger partial charge < -0.3 is 15.7 Å². The fraction of sp³-hybridized carbons (Fsp3) is 0.846. The van der Waals surface area contributed by atoms with E-state index in [1.54, 1.807) is 6.92 Å². The molecule has 5 nitrogen and oxygen atoms in total. The van der Waals surface area contributed by atoms with Gasteiger partial charge in [0.15, 0.2) is 0 Å². The van der Waals surface area contributed by atoms with Gasteiger partial charge in [-0.15, -0.1) is 0 Å². The van der Waals surface area contributed by atoms with Gasteiger partial charge in [-0.05, 0) is 26.2 Å². The zero-order chi connectivity index (χ0) is 14.0. The number of aliphatic hydroxyl groups is 1. The Kier molecular flexibility index (Phi) is 8.37. The number of hydrogen-bond acceptors (Lipinski definition) is 3. The molecule has 1 unspecified atom stereocenters. The van der Waals surface area contributed by atoms with Crippen LogP contribution in [-0.2, 0) is 9.59 Å². The second-order valence-corrected chi connectivity index (χ2v) is 4.92. The molecule has 2 amide bonds. The SMILES string of the molecule is CCC(C)(O)CNC(=O)CCCCCNC(C)=O. The van der Waals surface area contributed by atoms with E-state index in [1.807, 2.05) is 6.92 Å². The molecule has 0 aliphatic carbocycles. The van der Waals surface area contributed by atoms with E-state index in [0.29, 0.717) is 25.9 Å². The van der Waals surface area contributed by atoms with Gasteiger partial charge in [-0.25, -0.2) is 0 Å². The largest absolute Gasteiger partial charge is 0.388 e. The Morgan fingerprint density at radius 3 is 2.39 bits per heavy atom. The molecular weight excluding hydrogens is 232 g/mol. The fourth-order valence-corrected chi connectivity index (χ4v) is 1.35. The number of hydrogen-bond donors (Lipinski definition) is 3. The summed E-state index contributed by atoms with van der Waals surface area (Å²) in [5.41, 5.74) is -0.818. The van der Waals surface area contributed by atoms with Crippen molar-refractivity contribution in [2.24, 2.45) is 0 Å². The smallest absolute Gasteiger partial charge is 0.220 e. The lowest BCUT2D eigenvalue weighted by Crippen LogP contribution is -2.39. The lowest BCUT2D eigenvalue weighted by Gasteiger charge is -2.21. The molecule has 5 heteroatoms. The third-order valence-electron chi connectivity index (χ3n) is 2.88. The van der Waals surface area contributed by atoms with Crippen molar-refractivity contribution in [1.82, 2.24) is 10.6 Å². The number of carbonyl (C=O) groups is 2. The molecule has 0 aliphatic heterocycles. The third-order valence-corrected chi connectivity index (χ3v) is 2.88. The molecule has 0 aromatic rings. The van der Waals surface area contributed by atoms with Crippen molar-refractivity contribution in [2.75, 3.05) is 13.1 Å². The highest BCUT2D eigenvalue weighted by Gasteiger charge is 2.17. The normalized spacial score (nSPS) is 13.8. The molecule has 0 fully saturated rings. The Morgan fingerprint density at radius 2 is 1.83 bits per heavy atom. The lowest BCUT2D eigenvalue weighted by atomic mass is 10.0. The molecule has 0 bridgehead atoms. The number of unbranched alkanes of at least 4 members (excludes halogenated alkanes) is 2. The number of amides is 2. The van der Waals surface area contributed by atoms with Crippen molar-refractivity contribution >= 4 is 11.8 Å². The quantitative estimate of drug-likeness (QED) is 0.539. The van der Waals surface area contributed by atoms with Crippen LogP contribution in [-0.4, -0.2) is 35.6 Å². The van der Waals surface area contributed by atoms with E-state index in [2.05, 4.69) is 10.6 Å². The van der Waals surface area contributed by atoms with Gasteiger partial charge >= 0.3 is 0 Å². The minimum absolute atomic E-state index is 0.0189. The number of rotatable bonds is 9. The average molecular weight is 258 g/mol. The summed E-state index contributed by atoms with van der Waals surface area (Å²) in [6.45, 7) is 6.05. The zero-order valence-electron chi connectivity index (χ0n) is 11.7. The van der Waals surface area contributed by atoms with Crippen LogP contribution in [0.2, 0.25) is 0 Å². The maximum atomic E-state index is 11.5. The predicted octanol–water partition coefficient (Wildman–Crippen LogP) is 0.960. The van der Waals surface area contributed by atoms with E-state index < -0.39 is 5.60 Å². The summed E-state index contributed by atoms with van der Waals surface area (Å²) in [4.78, 5) is 22.0. The highest BCUT2D eigenvalue weighted by molar-refractivity contribution is 5.75. The summed E-state index contributed by atoms with van der Waals surface area (Å²) in [6.07, 6.45) is 3.70. The van der Waals surface area contributed by atoms with Gasteiger partial charge in [-0.1, -0.05) is 13.3 Å². The molecule has 1 atom stereocenters. The molecule has 0 saturated heterocycles. The van der Waals surface area contributed by atoms with Gasteiger partial charge in [0, 0.05) is 26.4 Å². The first-order chi connectivity index (χ1) is 8.37. The van der Waals surface area contributed by atoms with Gasteiger partial charge in [-0.2, -0.15) is 0 Å². The van der Waals surface area contributed by atoms with Crippen LogP contribution in [0.1, 0.15) is 52.9 Å². The second kappa shape index (κ2) is 8.91. The topological polar surface area (TPSA) is 78.4 Å². The van der Waals surface area contributed by atoms with Gasteiger partial charge in [-0.3, -0.25) is 9.59 Å². The minimum atomic E-state index is -0.818. The maximum Gasteiger partial charge on any atom is 0.220 e. The van der Waals surface area contributed by atoms with E-state index in [0.717, 1.165) is 19.3 Å². The Bertz CT molecular complexity index is 265. The van der Waals surface area contributed by atoms with Crippen LogP contribution in [0, 0.1) is 0 Å². The van der Waals surface area contributed by atoms with E-state index in [4.69, 9.17) is 0 Å². The molecule has 0 rings (SSSR count). The molecule has 0 radical (unpaired) electrons. The number of nitrogens with one attached hydrogen (secondary N) is 2. The summed E-state index contributed by atoms with van der Waals surface area (Å²) < 4.78 is 0. The van der Waals surface area contributed by atoms with Crippen molar-refractivity contribution < 1.29 is 14.7 Å². The molecule has 18 heavy (non-hydrogen) atoms. The molecule has 0 aliphatic rings. The molecule has 0 spiro atoms. The van der Waals surface area contributed by atoms with Crippen molar-refractivity contribution in [3.8, 4) is 0 Å². The van der Waals surface area contributed by atoms with Crippen LogP contribution in [0.3, 0.4) is 0 Å². The minimum Gasteiger partial charge on any atom is -0.388 e. The lowest BCUT2D eigenvalue weighted by molar-refractivity contribution is -0.122. The zero-order valence-corrected chi connectivity index (χ0v) is 11.7. The molecular formula is C13H26N2O3. The van der Waals surface area contributed by atoms with Crippen molar-refractivity contribution in [3.63, 3.8) is 0 Å². The third kappa shape index (κ3) is 10.1. The van der Waals surface area contributed by atoms with Gasteiger partial charge in [0.2, 0.25) is 11.8 Å². The monoisotopic (exact) mass is 258 g/mol. The molecule has 0 aromatic heterocycles. The first kappa shape index (κ1) is 16.9. The van der Waals surface area contributed by atoms with E-state index in [9.17, 15) is 14.7 Å². The molecule has 106 valence electrons. The fourth-order valence-electron chi connectivity index (χ4n) is 1.35. The average Bonchev–Trinajstić information content (AvgIpc) is 2.31. The Balaban J connectivity index is 3.46. The Hall–Kier alpha value is -1.10. The molecule has 3 N–H and O–H groups in total. The van der Waals surface area contributed by atoms with Crippen LogP contribution in [0.4, 0.5) is 0 Å². The van der Waals surface area contributed by atoms with Crippen molar-refractivity contribution in [1.29, 1.82) is 0 Å². The first-order valence-electron chi connectivity index (χ1n) is 6.61. The summed E-state index contributed by atoms with van der Waals surface area (Å²) in [7, 11) is 0. The van der Waals surface area contributed by atoms with Crippen LogP contribution < -0.4 is 10.6 Å². The van der Waals surface area contributed by atoms with Crippen LogP contribution in [0.25, 0.3) is 0 Å². The Morgan fingerprint density at radius 1 is 1.17 bits per heavy atom. The highest BCUT2D eigenvalue weighted by atomic mass is 16.3. The number of carbonyl (C=O) groups excluding carboxylic acids is 2. The van der Waals surface area contributed by atoms with Crippen molar-refractivity contribution in [2.45, 2.75) is 58.5 Å². The van der Waals surface area contributed by atoms with Crippen LogP contribution in [0.5, 0.6) is 0 Å². The summed E-state index contributed by atoms with van der Waals surface area (Å²) in [6, 6.07) is 0. The van der Waals surface area contributed by atoms with Gasteiger partial charge in [0.25, 0.3) is 0 Å². The van der Waals surface area contributed by atoms with Crippen molar-refractivity contribution in [3.05, 3.63) is 0 Å². The van der Waals surface area contributed by atoms with Gasteiger partial charge in [0.1, 0.15) is 0 Å². The molecule has 0 aromatic carbocycles. The highest BCUT2D eigenvalue weighted by Crippen LogP contribution is 2.06. The molecule has 0 saturated carbocycles. The Labute approximate surface area is 109 Å². The predicted molar refractivity (Wildman–Crippen MR) is 71.1 cm³/mol.